The second-order valence-corrected chi connectivity index (χ2v) is 9.80. The fourth-order valence-electron chi connectivity index (χ4n) is 5.69. The van der Waals surface area contributed by atoms with Crippen LogP contribution in [0, 0.1) is 5.92 Å². The third kappa shape index (κ3) is 4.16. The number of hydrogen-bond acceptors (Lipinski definition) is 6. The Labute approximate surface area is 194 Å². The lowest BCUT2D eigenvalue weighted by Crippen LogP contribution is -2.43. The summed E-state index contributed by atoms with van der Waals surface area (Å²) in [5.74, 6) is -0.109. The molecule has 1 amide bonds. The number of piperidine rings is 1. The Morgan fingerprint density at radius 1 is 1.24 bits per heavy atom. The molecular weight excluding hydrogens is 418 g/mol. The summed E-state index contributed by atoms with van der Waals surface area (Å²) < 4.78 is 7.71. The number of aromatic nitrogens is 3. The third-order valence-electron chi connectivity index (χ3n) is 7.63. The van der Waals surface area contributed by atoms with Gasteiger partial charge in [0.05, 0.1) is 17.5 Å². The van der Waals surface area contributed by atoms with E-state index < -0.39 is 5.60 Å². The number of carbonyl (C=O) groups is 2. The Morgan fingerprint density at radius 2 is 2.00 bits per heavy atom. The molecule has 0 unspecified atom stereocenters. The number of likely N-dealkylation sites (N-methyl/N-ethyl adjacent to an activating group) is 1. The molecule has 1 saturated carbocycles. The van der Waals surface area contributed by atoms with Gasteiger partial charge in [-0.2, -0.15) is 5.10 Å². The van der Waals surface area contributed by atoms with E-state index in [1.54, 1.807) is 17.1 Å². The standard InChI is InChI=1S/C25H33N5O3/c1-28(14-15-30-12-4-3-5-13-30)23(31)18-6-9-25(10-7-18)20-8-11-26-22(21(20)24(32)33-25)19-16-27-29(2)17-19/h8,11,16-18H,3-7,9-10,12-15H2,1-2H3/t18-,25-. The van der Waals surface area contributed by atoms with E-state index in [1.165, 1.54) is 19.3 Å². The molecule has 0 atom stereocenters. The maximum atomic E-state index is 13.1. The van der Waals surface area contributed by atoms with Crippen LogP contribution in [0.15, 0.2) is 24.7 Å². The van der Waals surface area contributed by atoms with Crippen molar-refractivity contribution in [3.8, 4) is 11.3 Å². The first-order valence-corrected chi connectivity index (χ1v) is 12.2. The van der Waals surface area contributed by atoms with Crippen molar-refractivity contribution in [1.82, 2.24) is 24.6 Å². The Morgan fingerprint density at radius 3 is 2.70 bits per heavy atom. The van der Waals surface area contributed by atoms with Crippen molar-refractivity contribution in [3.05, 3.63) is 35.8 Å². The predicted octanol–water partition coefficient (Wildman–Crippen LogP) is 2.98. The molecule has 176 valence electrons. The van der Waals surface area contributed by atoms with Gasteiger partial charge in [0.1, 0.15) is 5.60 Å². The molecule has 5 rings (SSSR count). The van der Waals surface area contributed by atoms with Crippen LogP contribution in [0.25, 0.3) is 11.3 Å². The van der Waals surface area contributed by atoms with Crippen LogP contribution in [-0.4, -0.2) is 69.7 Å². The normalized spacial score (nSPS) is 25.2. The number of likely N-dealkylation sites (tertiary alicyclic amines) is 1. The van der Waals surface area contributed by atoms with Crippen molar-refractivity contribution in [2.24, 2.45) is 13.0 Å². The second kappa shape index (κ2) is 8.89. The van der Waals surface area contributed by atoms with E-state index in [2.05, 4.69) is 15.0 Å². The van der Waals surface area contributed by atoms with Crippen molar-refractivity contribution in [3.63, 3.8) is 0 Å². The number of nitrogens with zero attached hydrogens (tertiary/aromatic N) is 5. The van der Waals surface area contributed by atoms with Gasteiger partial charge in [-0.25, -0.2) is 4.79 Å². The summed E-state index contributed by atoms with van der Waals surface area (Å²) in [5, 5.41) is 4.22. The minimum Gasteiger partial charge on any atom is -0.450 e. The van der Waals surface area contributed by atoms with Gasteiger partial charge < -0.3 is 14.5 Å². The summed E-state index contributed by atoms with van der Waals surface area (Å²) in [6.45, 7) is 4.02. The molecule has 8 heteroatoms. The number of amides is 1. The van der Waals surface area contributed by atoms with Crippen molar-refractivity contribution in [2.45, 2.75) is 50.5 Å². The summed E-state index contributed by atoms with van der Waals surface area (Å²) >= 11 is 0. The first-order valence-electron chi connectivity index (χ1n) is 12.2. The molecule has 0 aromatic carbocycles. The molecular formula is C25H33N5O3. The van der Waals surface area contributed by atoms with Crippen LogP contribution < -0.4 is 0 Å². The SMILES string of the molecule is CN(CCN1CCCCC1)C(=O)[C@H]1CC[C@@]2(CC1)OC(=O)c1c(-c3cnn(C)c3)nccc12. The van der Waals surface area contributed by atoms with Gasteiger partial charge in [0, 0.05) is 56.6 Å². The molecule has 2 aromatic heterocycles. The van der Waals surface area contributed by atoms with E-state index in [-0.39, 0.29) is 17.8 Å². The highest BCUT2D eigenvalue weighted by molar-refractivity contribution is 6.00. The Balaban J connectivity index is 1.26. The molecule has 1 aliphatic carbocycles. The minimum absolute atomic E-state index is 0.00985. The van der Waals surface area contributed by atoms with Crippen molar-refractivity contribution < 1.29 is 14.3 Å². The van der Waals surface area contributed by atoms with E-state index >= 15 is 0 Å². The number of rotatable bonds is 5. The molecule has 1 spiro atoms. The van der Waals surface area contributed by atoms with Gasteiger partial charge in [-0.05, 0) is 57.7 Å². The summed E-state index contributed by atoms with van der Waals surface area (Å²) in [4.78, 5) is 34.9. The minimum atomic E-state index is -0.643. The Hall–Kier alpha value is -2.74. The molecule has 2 aliphatic heterocycles. The molecule has 0 N–H and O–H groups in total. The van der Waals surface area contributed by atoms with E-state index in [4.69, 9.17) is 4.74 Å². The van der Waals surface area contributed by atoms with Crippen LogP contribution >= 0.6 is 0 Å². The van der Waals surface area contributed by atoms with Crippen LogP contribution in [0.5, 0.6) is 0 Å². The van der Waals surface area contributed by atoms with Gasteiger partial charge in [-0.15, -0.1) is 0 Å². The topological polar surface area (TPSA) is 80.6 Å². The lowest BCUT2D eigenvalue weighted by Gasteiger charge is -2.37. The Kier molecular flexibility index (Phi) is 5.95. The fraction of sp³-hybridized carbons (Fsp3) is 0.600. The van der Waals surface area contributed by atoms with E-state index in [9.17, 15) is 9.59 Å². The number of carbonyl (C=O) groups excluding carboxylic acids is 2. The first-order chi connectivity index (χ1) is 16.0. The van der Waals surface area contributed by atoms with Gasteiger partial charge in [0.15, 0.2) is 0 Å². The highest BCUT2D eigenvalue weighted by atomic mass is 16.6. The largest absolute Gasteiger partial charge is 0.450 e. The second-order valence-electron chi connectivity index (χ2n) is 9.80. The summed E-state index contributed by atoms with van der Waals surface area (Å²) in [6.07, 6.45) is 12.0. The summed E-state index contributed by atoms with van der Waals surface area (Å²) in [7, 11) is 3.77. The molecule has 4 heterocycles. The molecule has 1 saturated heterocycles. The average Bonchev–Trinajstić information content (AvgIpc) is 3.39. The molecule has 0 bridgehead atoms. The molecule has 3 aliphatic rings. The van der Waals surface area contributed by atoms with Gasteiger partial charge >= 0.3 is 5.97 Å². The van der Waals surface area contributed by atoms with E-state index in [0.29, 0.717) is 24.1 Å². The number of fused-ring (bicyclic) bond motifs is 2. The smallest absolute Gasteiger partial charge is 0.341 e. The highest BCUT2D eigenvalue weighted by Crippen LogP contribution is 2.49. The lowest BCUT2D eigenvalue weighted by molar-refractivity contribution is -0.137. The van der Waals surface area contributed by atoms with E-state index in [0.717, 1.165) is 50.1 Å². The maximum absolute atomic E-state index is 13.1. The first kappa shape index (κ1) is 22.1. The highest BCUT2D eigenvalue weighted by Gasteiger charge is 2.50. The quantitative estimate of drug-likeness (QED) is 0.650. The number of pyridine rings is 1. The number of esters is 1. The van der Waals surface area contributed by atoms with Crippen LogP contribution in [0.1, 0.15) is 60.9 Å². The van der Waals surface area contributed by atoms with Crippen LogP contribution in [0.4, 0.5) is 0 Å². The predicted molar refractivity (Wildman–Crippen MR) is 123 cm³/mol. The van der Waals surface area contributed by atoms with Crippen molar-refractivity contribution >= 4 is 11.9 Å². The molecule has 8 nitrogen and oxygen atoms in total. The van der Waals surface area contributed by atoms with Crippen LogP contribution in [-0.2, 0) is 22.2 Å². The van der Waals surface area contributed by atoms with E-state index in [1.807, 2.05) is 31.3 Å². The lowest BCUT2D eigenvalue weighted by atomic mass is 9.74. The average molecular weight is 452 g/mol. The van der Waals surface area contributed by atoms with Crippen molar-refractivity contribution in [2.75, 3.05) is 33.2 Å². The third-order valence-corrected chi connectivity index (χ3v) is 7.63. The number of aryl methyl sites for hydroxylation is 1. The number of ether oxygens (including phenoxy) is 1. The summed E-state index contributed by atoms with van der Waals surface area (Å²) in [6, 6.07) is 1.91. The molecule has 2 fully saturated rings. The molecule has 2 aromatic rings. The molecule has 33 heavy (non-hydrogen) atoms. The zero-order valence-corrected chi connectivity index (χ0v) is 19.6. The monoisotopic (exact) mass is 451 g/mol. The van der Waals surface area contributed by atoms with Gasteiger partial charge in [0.25, 0.3) is 0 Å². The van der Waals surface area contributed by atoms with Crippen molar-refractivity contribution in [1.29, 1.82) is 0 Å². The van der Waals surface area contributed by atoms with Gasteiger partial charge in [-0.1, -0.05) is 6.42 Å². The number of hydrogen-bond donors (Lipinski definition) is 0. The van der Waals surface area contributed by atoms with Crippen LogP contribution in [0.2, 0.25) is 0 Å². The maximum Gasteiger partial charge on any atom is 0.341 e. The Bertz CT molecular complexity index is 1030. The summed E-state index contributed by atoms with van der Waals surface area (Å²) in [5.41, 5.74) is 2.25. The van der Waals surface area contributed by atoms with Gasteiger partial charge in [-0.3, -0.25) is 14.5 Å². The van der Waals surface area contributed by atoms with Gasteiger partial charge in [0.2, 0.25) is 5.91 Å². The molecule has 0 radical (unpaired) electrons. The zero-order chi connectivity index (χ0) is 23.0. The zero-order valence-electron chi connectivity index (χ0n) is 19.6. The van der Waals surface area contributed by atoms with Crippen LogP contribution in [0.3, 0.4) is 0 Å². The fourth-order valence-corrected chi connectivity index (χ4v) is 5.69.